The SMILES string of the molecule is COC(=O)C(NC1CCOc2ccc(Br)cc21)C(C)C. The van der Waals surface area contributed by atoms with E-state index in [2.05, 4.69) is 21.2 Å². The standard InChI is InChI=1S/C15H20BrNO3/c1-9(2)14(15(18)19-3)17-12-6-7-20-13-5-4-10(16)8-11(12)13/h4-5,8-9,12,14,17H,6-7H2,1-3H3. The van der Waals surface area contributed by atoms with Crippen LogP contribution in [0.15, 0.2) is 22.7 Å². The van der Waals surface area contributed by atoms with E-state index in [4.69, 9.17) is 9.47 Å². The van der Waals surface area contributed by atoms with Crippen LogP contribution in [0.5, 0.6) is 5.75 Å². The van der Waals surface area contributed by atoms with E-state index >= 15 is 0 Å². The Balaban J connectivity index is 2.22. The second-order valence-corrected chi connectivity index (χ2v) is 6.20. The average molecular weight is 342 g/mol. The smallest absolute Gasteiger partial charge is 0.323 e. The number of carbonyl (C=O) groups excluding carboxylic acids is 1. The Kier molecular flexibility index (Phi) is 5.05. The molecule has 0 fully saturated rings. The van der Waals surface area contributed by atoms with E-state index in [1.54, 1.807) is 0 Å². The number of halogens is 1. The molecule has 0 radical (unpaired) electrons. The van der Waals surface area contributed by atoms with Gasteiger partial charge in [-0.15, -0.1) is 0 Å². The highest BCUT2D eigenvalue weighted by Gasteiger charge is 2.29. The summed E-state index contributed by atoms with van der Waals surface area (Å²) in [7, 11) is 1.42. The number of hydrogen-bond acceptors (Lipinski definition) is 4. The molecular weight excluding hydrogens is 322 g/mol. The molecule has 0 amide bonds. The van der Waals surface area contributed by atoms with E-state index in [-0.39, 0.29) is 24.0 Å². The Morgan fingerprint density at radius 1 is 1.50 bits per heavy atom. The fourth-order valence-electron chi connectivity index (χ4n) is 2.41. The molecule has 1 aliphatic heterocycles. The maximum Gasteiger partial charge on any atom is 0.323 e. The Hall–Kier alpha value is -1.07. The lowest BCUT2D eigenvalue weighted by Crippen LogP contribution is -2.44. The van der Waals surface area contributed by atoms with Crippen molar-refractivity contribution >= 4 is 21.9 Å². The van der Waals surface area contributed by atoms with E-state index in [0.717, 1.165) is 22.2 Å². The lowest BCUT2D eigenvalue weighted by molar-refractivity contribution is -0.144. The van der Waals surface area contributed by atoms with Crippen LogP contribution in [0.4, 0.5) is 0 Å². The predicted octanol–water partition coefficient (Wildman–Crippen LogP) is 3.06. The normalized spacial score (nSPS) is 19.1. The van der Waals surface area contributed by atoms with Crippen molar-refractivity contribution in [3.05, 3.63) is 28.2 Å². The van der Waals surface area contributed by atoms with Crippen LogP contribution in [0.25, 0.3) is 0 Å². The number of hydrogen-bond donors (Lipinski definition) is 1. The van der Waals surface area contributed by atoms with Crippen molar-refractivity contribution in [3.8, 4) is 5.75 Å². The van der Waals surface area contributed by atoms with Gasteiger partial charge in [0.15, 0.2) is 0 Å². The number of esters is 1. The highest BCUT2D eigenvalue weighted by molar-refractivity contribution is 9.10. The van der Waals surface area contributed by atoms with Gasteiger partial charge in [-0.05, 0) is 24.1 Å². The van der Waals surface area contributed by atoms with Gasteiger partial charge in [0.1, 0.15) is 11.8 Å². The lowest BCUT2D eigenvalue weighted by Gasteiger charge is -2.31. The maximum atomic E-state index is 11.9. The van der Waals surface area contributed by atoms with Crippen LogP contribution >= 0.6 is 15.9 Å². The van der Waals surface area contributed by atoms with Crippen LogP contribution in [-0.2, 0) is 9.53 Å². The number of carbonyl (C=O) groups is 1. The quantitative estimate of drug-likeness (QED) is 0.855. The molecule has 4 nitrogen and oxygen atoms in total. The minimum absolute atomic E-state index is 0.0998. The summed E-state index contributed by atoms with van der Waals surface area (Å²) >= 11 is 3.48. The summed E-state index contributed by atoms with van der Waals surface area (Å²) in [5.41, 5.74) is 1.08. The van der Waals surface area contributed by atoms with Crippen molar-refractivity contribution < 1.29 is 14.3 Å². The van der Waals surface area contributed by atoms with Crippen LogP contribution in [0.3, 0.4) is 0 Å². The summed E-state index contributed by atoms with van der Waals surface area (Å²) in [4.78, 5) is 11.9. The number of rotatable bonds is 4. The van der Waals surface area contributed by atoms with Gasteiger partial charge in [-0.1, -0.05) is 29.8 Å². The van der Waals surface area contributed by atoms with Crippen LogP contribution in [0.1, 0.15) is 31.9 Å². The molecule has 0 aromatic heterocycles. The van der Waals surface area contributed by atoms with Crippen molar-refractivity contribution in [2.45, 2.75) is 32.4 Å². The van der Waals surface area contributed by atoms with Gasteiger partial charge in [0.25, 0.3) is 0 Å². The van der Waals surface area contributed by atoms with Crippen molar-refractivity contribution in [1.29, 1.82) is 0 Å². The number of methoxy groups -OCH3 is 1. The van der Waals surface area contributed by atoms with E-state index in [9.17, 15) is 4.79 Å². The van der Waals surface area contributed by atoms with Gasteiger partial charge in [-0.2, -0.15) is 0 Å². The molecule has 0 saturated carbocycles. The molecule has 1 heterocycles. The van der Waals surface area contributed by atoms with Crippen molar-refractivity contribution in [3.63, 3.8) is 0 Å². The van der Waals surface area contributed by atoms with Crippen LogP contribution in [0, 0.1) is 5.92 Å². The molecule has 110 valence electrons. The molecule has 2 unspecified atom stereocenters. The van der Waals surface area contributed by atoms with Gasteiger partial charge in [0.2, 0.25) is 0 Å². The molecule has 1 aromatic carbocycles. The first kappa shape index (κ1) is 15.3. The molecule has 1 aliphatic rings. The van der Waals surface area contributed by atoms with Gasteiger partial charge < -0.3 is 9.47 Å². The molecule has 5 heteroatoms. The molecule has 2 rings (SSSR count). The number of ether oxygens (including phenoxy) is 2. The monoisotopic (exact) mass is 341 g/mol. The third kappa shape index (κ3) is 3.33. The van der Waals surface area contributed by atoms with Crippen LogP contribution in [0.2, 0.25) is 0 Å². The molecule has 0 bridgehead atoms. The molecule has 1 N–H and O–H groups in total. The summed E-state index contributed by atoms with van der Waals surface area (Å²) in [5.74, 6) is 0.827. The third-order valence-corrected chi connectivity index (χ3v) is 4.01. The number of nitrogens with one attached hydrogen (secondary N) is 1. The Bertz CT molecular complexity index is 490. The van der Waals surface area contributed by atoms with Crippen molar-refractivity contribution in [2.75, 3.05) is 13.7 Å². The highest BCUT2D eigenvalue weighted by atomic mass is 79.9. The fraction of sp³-hybridized carbons (Fsp3) is 0.533. The maximum absolute atomic E-state index is 11.9. The summed E-state index contributed by atoms with van der Waals surface area (Å²) in [6.07, 6.45) is 0.837. The Morgan fingerprint density at radius 2 is 2.25 bits per heavy atom. The molecule has 20 heavy (non-hydrogen) atoms. The van der Waals surface area contributed by atoms with Gasteiger partial charge >= 0.3 is 5.97 Å². The first-order valence-corrected chi connectivity index (χ1v) is 7.58. The highest BCUT2D eigenvalue weighted by Crippen LogP contribution is 2.34. The van der Waals surface area contributed by atoms with Gasteiger partial charge in [-0.3, -0.25) is 10.1 Å². The Labute approximate surface area is 128 Å². The van der Waals surface area contributed by atoms with E-state index in [1.165, 1.54) is 7.11 Å². The second kappa shape index (κ2) is 6.59. The largest absolute Gasteiger partial charge is 0.493 e. The Morgan fingerprint density at radius 3 is 2.90 bits per heavy atom. The average Bonchev–Trinajstić information content (AvgIpc) is 2.43. The van der Waals surface area contributed by atoms with Crippen molar-refractivity contribution in [1.82, 2.24) is 5.32 Å². The topological polar surface area (TPSA) is 47.6 Å². The summed E-state index contributed by atoms with van der Waals surface area (Å²) in [5, 5.41) is 3.41. The van der Waals surface area contributed by atoms with Gasteiger partial charge in [0, 0.05) is 22.5 Å². The zero-order valence-electron chi connectivity index (χ0n) is 12.0. The first-order chi connectivity index (χ1) is 9.52. The van der Waals surface area contributed by atoms with Crippen LogP contribution < -0.4 is 10.1 Å². The van der Waals surface area contributed by atoms with E-state index < -0.39 is 0 Å². The summed E-state index contributed by atoms with van der Waals surface area (Å²) in [6, 6.07) is 5.75. The molecule has 1 aromatic rings. The van der Waals surface area contributed by atoms with E-state index in [0.29, 0.717) is 6.61 Å². The molecule has 0 spiro atoms. The molecule has 0 saturated heterocycles. The van der Waals surface area contributed by atoms with Gasteiger partial charge in [-0.25, -0.2) is 0 Å². The lowest BCUT2D eigenvalue weighted by atomic mass is 9.96. The zero-order chi connectivity index (χ0) is 14.7. The van der Waals surface area contributed by atoms with E-state index in [1.807, 2.05) is 32.0 Å². The minimum Gasteiger partial charge on any atom is -0.493 e. The van der Waals surface area contributed by atoms with Gasteiger partial charge in [0.05, 0.1) is 13.7 Å². The predicted molar refractivity (Wildman–Crippen MR) is 80.8 cm³/mol. The fourth-order valence-corrected chi connectivity index (χ4v) is 2.79. The second-order valence-electron chi connectivity index (χ2n) is 5.28. The number of fused-ring (bicyclic) bond motifs is 1. The molecular formula is C15H20BrNO3. The van der Waals surface area contributed by atoms with Crippen molar-refractivity contribution in [2.24, 2.45) is 5.92 Å². The zero-order valence-corrected chi connectivity index (χ0v) is 13.6. The minimum atomic E-state index is -0.310. The summed E-state index contributed by atoms with van der Waals surface area (Å²) < 4.78 is 11.6. The van der Waals surface area contributed by atoms with Crippen LogP contribution in [-0.4, -0.2) is 25.7 Å². The summed E-state index contributed by atoms with van der Waals surface area (Å²) in [6.45, 7) is 4.67. The number of benzene rings is 1. The molecule has 0 aliphatic carbocycles. The first-order valence-electron chi connectivity index (χ1n) is 6.79. The molecule has 2 atom stereocenters. The third-order valence-electron chi connectivity index (χ3n) is 3.51.